The molecule has 5 heteroatoms. The molecule has 2 N–H and O–H groups in total. The maximum Gasteiger partial charge on any atom is 0.201 e. The Morgan fingerprint density at radius 1 is 1.25 bits per heavy atom. The number of para-hydroxylation sites is 1. The highest BCUT2D eigenvalue weighted by Gasteiger charge is 2.22. The van der Waals surface area contributed by atoms with Gasteiger partial charge in [0.1, 0.15) is 5.52 Å². The van der Waals surface area contributed by atoms with E-state index in [0.717, 1.165) is 41.4 Å². The summed E-state index contributed by atoms with van der Waals surface area (Å²) in [6.07, 6.45) is 3.94. The van der Waals surface area contributed by atoms with Crippen LogP contribution in [0.1, 0.15) is 18.9 Å². The fourth-order valence-electron chi connectivity index (χ4n) is 3.04. The molecule has 0 aliphatic carbocycles. The molecule has 3 aromatic rings. The number of nitrogens with zero attached hydrogens (tertiary/aromatic N) is 3. The molecule has 0 spiro atoms. The van der Waals surface area contributed by atoms with E-state index in [1.54, 1.807) is 6.20 Å². The zero-order chi connectivity index (χ0) is 13.5. The minimum Gasteiger partial charge on any atom is -0.379 e. The second-order valence-corrected chi connectivity index (χ2v) is 5.22. The SMILES string of the molecule is Nc1nc2cnc3ccccc3c2n1C1CCCOC1. The van der Waals surface area contributed by atoms with Crippen molar-refractivity contribution < 1.29 is 4.74 Å². The molecule has 1 aliphatic rings. The van der Waals surface area contributed by atoms with Crippen molar-refractivity contribution in [2.75, 3.05) is 18.9 Å². The van der Waals surface area contributed by atoms with Gasteiger partial charge in [-0.25, -0.2) is 4.98 Å². The summed E-state index contributed by atoms with van der Waals surface area (Å²) in [5.74, 6) is 0.550. The van der Waals surface area contributed by atoms with E-state index in [2.05, 4.69) is 20.6 Å². The van der Waals surface area contributed by atoms with Crippen molar-refractivity contribution >= 4 is 27.9 Å². The first kappa shape index (κ1) is 11.7. The molecule has 1 unspecified atom stereocenters. The van der Waals surface area contributed by atoms with Crippen molar-refractivity contribution in [3.05, 3.63) is 30.5 Å². The molecule has 20 heavy (non-hydrogen) atoms. The molecule has 0 amide bonds. The Labute approximate surface area is 116 Å². The molecule has 0 saturated carbocycles. The van der Waals surface area contributed by atoms with Gasteiger partial charge >= 0.3 is 0 Å². The first-order valence-corrected chi connectivity index (χ1v) is 6.93. The summed E-state index contributed by atoms with van der Waals surface area (Å²) in [6, 6.07) is 8.37. The quantitative estimate of drug-likeness (QED) is 0.736. The molecule has 4 rings (SSSR count). The van der Waals surface area contributed by atoms with Gasteiger partial charge in [0.2, 0.25) is 5.95 Å². The molecule has 0 bridgehead atoms. The van der Waals surface area contributed by atoms with Gasteiger partial charge in [0.05, 0.1) is 29.9 Å². The molecule has 1 aliphatic heterocycles. The number of pyridine rings is 1. The second kappa shape index (κ2) is 4.45. The Morgan fingerprint density at radius 2 is 2.15 bits per heavy atom. The lowest BCUT2D eigenvalue weighted by Crippen LogP contribution is -2.22. The second-order valence-electron chi connectivity index (χ2n) is 5.22. The summed E-state index contributed by atoms with van der Waals surface area (Å²) >= 11 is 0. The van der Waals surface area contributed by atoms with Crippen LogP contribution in [0, 0.1) is 0 Å². The fourth-order valence-corrected chi connectivity index (χ4v) is 3.04. The summed E-state index contributed by atoms with van der Waals surface area (Å²) in [5.41, 5.74) is 9.04. The molecule has 1 atom stereocenters. The molecule has 1 saturated heterocycles. The molecule has 0 radical (unpaired) electrons. The number of hydrogen-bond acceptors (Lipinski definition) is 4. The zero-order valence-corrected chi connectivity index (χ0v) is 11.1. The highest BCUT2D eigenvalue weighted by atomic mass is 16.5. The van der Waals surface area contributed by atoms with E-state index in [1.165, 1.54) is 0 Å². The first-order valence-electron chi connectivity index (χ1n) is 6.93. The van der Waals surface area contributed by atoms with Gasteiger partial charge in [-0.1, -0.05) is 18.2 Å². The summed E-state index contributed by atoms with van der Waals surface area (Å²) < 4.78 is 7.73. The largest absolute Gasteiger partial charge is 0.379 e. The molecule has 1 fully saturated rings. The lowest BCUT2D eigenvalue weighted by atomic mass is 10.1. The van der Waals surface area contributed by atoms with Gasteiger partial charge in [0.15, 0.2) is 0 Å². The van der Waals surface area contributed by atoms with Crippen molar-refractivity contribution in [2.45, 2.75) is 18.9 Å². The summed E-state index contributed by atoms with van der Waals surface area (Å²) in [7, 11) is 0. The Hall–Kier alpha value is -2.14. The first-order chi connectivity index (χ1) is 9.84. The van der Waals surface area contributed by atoms with Crippen LogP contribution in [0.2, 0.25) is 0 Å². The van der Waals surface area contributed by atoms with E-state index in [1.807, 2.05) is 18.2 Å². The van der Waals surface area contributed by atoms with Crippen molar-refractivity contribution in [2.24, 2.45) is 0 Å². The Kier molecular flexibility index (Phi) is 2.60. The topological polar surface area (TPSA) is 66.0 Å². The highest BCUT2D eigenvalue weighted by Crippen LogP contribution is 2.31. The number of rotatable bonds is 1. The minimum atomic E-state index is 0.263. The van der Waals surface area contributed by atoms with Crippen LogP contribution in [-0.2, 0) is 4.74 Å². The van der Waals surface area contributed by atoms with Gasteiger partial charge in [-0.2, -0.15) is 0 Å². The third-order valence-electron chi connectivity index (χ3n) is 3.95. The van der Waals surface area contributed by atoms with E-state index in [9.17, 15) is 0 Å². The van der Waals surface area contributed by atoms with Gasteiger partial charge in [0, 0.05) is 12.0 Å². The van der Waals surface area contributed by atoms with Crippen molar-refractivity contribution in [1.82, 2.24) is 14.5 Å². The van der Waals surface area contributed by atoms with Crippen LogP contribution in [0.25, 0.3) is 21.9 Å². The van der Waals surface area contributed by atoms with Crippen LogP contribution in [0.5, 0.6) is 0 Å². The van der Waals surface area contributed by atoms with E-state index in [-0.39, 0.29) is 6.04 Å². The van der Waals surface area contributed by atoms with Crippen LogP contribution >= 0.6 is 0 Å². The van der Waals surface area contributed by atoms with Crippen LogP contribution in [0.15, 0.2) is 30.5 Å². The average Bonchev–Trinajstić information content (AvgIpc) is 2.84. The maximum atomic E-state index is 6.14. The molecule has 102 valence electrons. The summed E-state index contributed by atoms with van der Waals surface area (Å²) in [4.78, 5) is 8.91. The smallest absolute Gasteiger partial charge is 0.201 e. The monoisotopic (exact) mass is 268 g/mol. The lowest BCUT2D eigenvalue weighted by Gasteiger charge is -2.25. The van der Waals surface area contributed by atoms with Crippen molar-refractivity contribution in [3.8, 4) is 0 Å². The number of nitrogens with two attached hydrogens (primary N) is 1. The number of hydrogen-bond donors (Lipinski definition) is 1. The van der Waals surface area contributed by atoms with E-state index < -0.39 is 0 Å². The average molecular weight is 268 g/mol. The number of ether oxygens (including phenoxy) is 1. The molecular formula is C15H16N4O. The predicted octanol–water partition coefficient (Wildman–Crippen LogP) is 2.52. The lowest BCUT2D eigenvalue weighted by molar-refractivity contribution is 0.0612. The number of imidazole rings is 1. The van der Waals surface area contributed by atoms with Gasteiger partial charge in [-0.15, -0.1) is 0 Å². The molecule has 5 nitrogen and oxygen atoms in total. The normalized spacial score (nSPS) is 19.7. The van der Waals surface area contributed by atoms with Gasteiger partial charge in [-0.05, 0) is 18.9 Å². The highest BCUT2D eigenvalue weighted by molar-refractivity contribution is 6.03. The Bertz CT molecular complexity index is 774. The Balaban J connectivity index is 2.03. The van der Waals surface area contributed by atoms with Crippen molar-refractivity contribution in [3.63, 3.8) is 0 Å². The summed E-state index contributed by atoms with van der Waals surface area (Å²) in [6.45, 7) is 1.54. The van der Waals surface area contributed by atoms with Crippen LogP contribution in [0.3, 0.4) is 0 Å². The number of anilines is 1. The third kappa shape index (κ3) is 1.67. The van der Waals surface area contributed by atoms with Gasteiger partial charge in [0.25, 0.3) is 0 Å². The number of nitrogen functional groups attached to an aromatic ring is 1. The third-order valence-corrected chi connectivity index (χ3v) is 3.95. The number of fused-ring (bicyclic) bond motifs is 3. The summed E-state index contributed by atoms with van der Waals surface area (Å²) in [5, 5.41) is 1.10. The fraction of sp³-hybridized carbons (Fsp3) is 0.333. The molecule has 3 heterocycles. The van der Waals surface area contributed by atoms with Crippen LogP contribution in [0.4, 0.5) is 5.95 Å². The van der Waals surface area contributed by atoms with Crippen LogP contribution < -0.4 is 5.73 Å². The van der Waals surface area contributed by atoms with Gasteiger partial charge in [-0.3, -0.25) is 4.98 Å². The van der Waals surface area contributed by atoms with Crippen LogP contribution in [-0.4, -0.2) is 27.7 Å². The maximum absolute atomic E-state index is 6.14. The minimum absolute atomic E-state index is 0.263. The Morgan fingerprint density at radius 3 is 3.00 bits per heavy atom. The molecular weight excluding hydrogens is 252 g/mol. The number of benzene rings is 1. The van der Waals surface area contributed by atoms with E-state index in [0.29, 0.717) is 12.6 Å². The zero-order valence-electron chi connectivity index (χ0n) is 11.1. The predicted molar refractivity (Wildman–Crippen MR) is 78.5 cm³/mol. The van der Waals surface area contributed by atoms with Gasteiger partial charge < -0.3 is 15.0 Å². The molecule has 1 aromatic carbocycles. The standard InChI is InChI=1S/C15H16N4O/c16-15-18-13-8-17-12-6-2-1-5-11(12)14(13)19(15)10-4-3-7-20-9-10/h1-2,5-6,8,10H,3-4,7,9H2,(H2,16,18). The molecule has 2 aromatic heterocycles. The van der Waals surface area contributed by atoms with E-state index in [4.69, 9.17) is 10.5 Å². The number of aromatic nitrogens is 3. The van der Waals surface area contributed by atoms with Crippen molar-refractivity contribution in [1.29, 1.82) is 0 Å². The van der Waals surface area contributed by atoms with E-state index >= 15 is 0 Å².